The Kier molecular flexibility index (Phi) is 5.80. The standard InChI is InChI=1S/C16H27N3/c1-14-4-3-5-16(12-14)18-10-11-19(2)13-15-6-8-17-9-7-15/h6-9,14,16,18H,3-5,10-13H2,1-2H3. The first-order valence-corrected chi connectivity index (χ1v) is 7.55. The van der Waals surface area contributed by atoms with Gasteiger partial charge in [0.2, 0.25) is 0 Å². The van der Waals surface area contributed by atoms with Crippen LogP contribution in [0.5, 0.6) is 0 Å². The van der Waals surface area contributed by atoms with Crippen LogP contribution in [-0.2, 0) is 6.54 Å². The van der Waals surface area contributed by atoms with Crippen LogP contribution < -0.4 is 5.32 Å². The number of likely N-dealkylation sites (N-methyl/N-ethyl adjacent to an activating group) is 1. The van der Waals surface area contributed by atoms with E-state index in [1.807, 2.05) is 12.4 Å². The van der Waals surface area contributed by atoms with E-state index in [4.69, 9.17) is 0 Å². The first-order chi connectivity index (χ1) is 9.24. The van der Waals surface area contributed by atoms with Gasteiger partial charge < -0.3 is 10.2 Å². The number of aromatic nitrogens is 1. The van der Waals surface area contributed by atoms with E-state index in [9.17, 15) is 0 Å². The molecule has 106 valence electrons. The maximum Gasteiger partial charge on any atom is 0.0271 e. The minimum Gasteiger partial charge on any atom is -0.313 e. The molecule has 0 amide bonds. The van der Waals surface area contributed by atoms with Crippen LogP contribution in [-0.4, -0.2) is 36.1 Å². The molecule has 19 heavy (non-hydrogen) atoms. The van der Waals surface area contributed by atoms with Gasteiger partial charge in [0.25, 0.3) is 0 Å². The number of nitrogens with one attached hydrogen (secondary N) is 1. The summed E-state index contributed by atoms with van der Waals surface area (Å²) in [7, 11) is 2.19. The lowest BCUT2D eigenvalue weighted by atomic mass is 9.87. The van der Waals surface area contributed by atoms with Gasteiger partial charge in [0.05, 0.1) is 0 Å². The highest BCUT2D eigenvalue weighted by molar-refractivity contribution is 5.09. The van der Waals surface area contributed by atoms with Gasteiger partial charge in [-0.25, -0.2) is 0 Å². The quantitative estimate of drug-likeness (QED) is 0.853. The van der Waals surface area contributed by atoms with Crippen LogP contribution in [0.4, 0.5) is 0 Å². The van der Waals surface area contributed by atoms with Crippen LogP contribution in [0, 0.1) is 5.92 Å². The van der Waals surface area contributed by atoms with Crippen molar-refractivity contribution in [2.45, 2.75) is 45.2 Å². The van der Waals surface area contributed by atoms with Crippen molar-refractivity contribution >= 4 is 0 Å². The van der Waals surface area contributed by atoms with Crippen LogP contribution in [0.15, 0.2) is 24.5 Å². The zero-order chi connectivity index (χ0) is 13.5. The number of hydrogen-bond donors (Lipinski definition) is 1. The monoisotopic (exact) mass is 261 g/mol. The summed E-state index contributed by atoms with van der Waals surface area (Å²) in [6.45, 7) is 5.58. The minimum atomic E-state index is 0.748. The van der Waals surface area contributed by atoms with E-state index in [1.54, 1.807) is 0 Å². The molecule has 2 rings (SSSR count). The summed E-state index contributed by atoms with van der Waals surface area (Å²) in [6, 6.07) is 4.93. The van der Waals surface area contributed by atoms with Gasteiger partial charge in [-0.15, -0.1) is 0 Å². The second kappa shape index (κ2) is 7.61. The fourth-order valence-corrected chi connectivity index (χ4v) is 2.96. The van der Waals surface area contributed by atoms with Crippen LogP contribution in [0.2, 0.25) is 0 Å². The van der Waals surface area contributed by atoms with E-state index in [1.165, 1.54) is 31.2 Å². The molecule has 1 fully saturated rings. The fraction of sp³-hybridized carbons (Fsp3) is 0.688. The van der Waals surface area contributed by atoms with E-state index in [0.717, 1.165) is 31.6 Å². The highest BCUT2D eigenvalue weighted by Gasteiger charge is 2.17. The lowest BCUT2D eigenvalue weighted by Gasteiger charge is -2.28. The van der Waals surface area contributed by atoms with Crippen molar-refractivity contribution in [1.82, 2.24) is 15.2 Å². The summed E-state index contributed by atoms with van der Waals surface area (Å²) in [5, 5.41) is 3.71. The Morgan fingerprint density at radius 2 is 2.11 bits per heavy atom. The number of pyridine rings is 1. The Balaban J connectivity index is 1.62. The van der Waals surface area contributed by atoms with Gasteiger partial charge in [-0.2, -0.15) is 0 Å². The van der Waals surface area contributed by atoms with E-state index in [2.05, 4.69) is 41.3 Å². The molecule has 2 atom stereocenters. The lowest BCUT2D eigenvalue weighted by Crippen LogP contribution is -2.38. The Morgan fingerprint density at radius 3 is 2.84 bits per heavy atom. The Morgan fingerprint density at radius 1 is 1.32 bits per heavy atom. The molecule has 3 nitrogen and oxygen atoms in total. The molecule has 1 saturated carbocycles. The molecule has 1 N–H and O–H groups in total. The molecule has 1 aromatic heterocycles. The van der Waals surface area contributed by atoms with Gasteiger partial charge in [0.15, 0.2) is 0 Å². The topological polar surface area (TPSA) is 28.2 Å². The molecule has 0 bridgehead atoms. The largest absolute Gasteiger partial charge is 0.313 e. The Labute approximate surface area is 117 Å². The van der Waals surface area contributed by atoms with Gasteiger partial charge in [-0.3, -0.25) is 4.98 Å². The predicted octanol–water partition coefficient (Wildman–Crippen LogP) is 2.68. The van der Waals surface area contributed by atoms with E-state index in [0.29, 0.717) is 0 Å². The number of hydrogen-bond acceptors (Lipinski definition) is 3. The normalized spacial score (nSPS) is 23.7. The van der Waals surface area contributed by atoms with E-state index in [-0.39, 0.29) is 0 Å². The molecule has 0 radical (unpaired) electrons. The third-order valence-electron chi connectivity index (χ3n) is 4.06. The van der Waals surface area contributed by atoms with Crippen molar-refractivity contribution in [2.24, 2.45) is 5.92 Å². The maximum atomic E-state index is 4.05. The maximum absolute atomic E-state index is 4.05. The molecule has 0 aromatic carbocycles. The van der Waals surface area contributed by atoms with E-state index < -0.39 is 0 Å². The van der Waals surface area contributed by atoms with Gasteiger partial charge in [0.1, 0.15) is 0 Å². The average molecular weight is 261 g/mol. The highest BCUT2D eigenvalue weighted by Crippen LogP contribution is 2.23. The molecule has 1 heterocycles. The molecule has 3 heteroatoms. The molecular weight excluding hydrogens is 234 g/mol. The van der Waals surface area contributed by atoms with Crippen LogP contribution in [0.1, 0.15) is 38.2 Å². The van der Waals surface area contributed by atoms with Crippen molar-refractivity contribution in [3.05, 3.63) is 30.1 Å². The zero-order valence-corrected chi connectivity index (χ0v) is 12.3. The summed E-state index contributed by atoms with van der Waals surface area (Å²) in [5.74, 6) is 0.904. The smallest absolute Gasteiger partial charge is 0.0271 e. The Hall–Kier alpha value is -0.930. The molecular formula is C16H27N3. The second-order valence-corrected chi connectivity index (χ2v) is 6.02. The van der Waals surface area contributed by atoms with Gasteiger partial charge in [0, 0.05) is 38.1 Å². The summed E-state index contributed by atoms with van der Waals surface area (Å²) in [4.78, 5) is 6.42. The van der Waals surface area contributed by atoms with Crippen molar-refractivity contribution in [1.29, 1.82) is 0 Å². The molecule has 2 unspecified atom stereocenters. The third kappa shape index (κ3) is 5.29. The average Bonchev–Trinajstić information content (AvgIpc) is 2.40. The SMILES string of the molecule is CC1CCCC(NCCN(C)Cc2ccncc2)C1. The molecule has 0 saturated heterocycles. The van der Waals surface area contributed by atoms with Crippen molar-refractivity contribution < 1.29 is 0 Å². The molecule has 1 aliphatic rings. The summed E-state index contributed by atoms with van der Waals surface area (Å²) >= 11 is 0. The molecule has 1 aliphatic carbocycles. The first kappa shape index (κ1) is 14.5. The molecule has 1 aromatic rings. The van der Waals surface area contributed by atoms with Crippen LogP contribution >= 0.6 is 0 Å². The zero-order valence-electron chi connectivity index (χ0n) is 12.3. The fourth-order valence-electron chi connectivity index (χ4n) is 2.96. The third-order valence-corrected chi connectivity index (χ3v) is 4.06. The number of rotatable bonds is 6. The Bertz CT molecular complexity index is 352. The summed E-state index contributed by atoms with van der Waals surface area (Å²) < 4.78 is 0. The number of nitrogens with zero attached hydrogens (tertiary/aromatic N) is 2. The van der Waals surface area contributed by atoms with Crippen molar-refractivity contribution in [3.8, 4) is 0 Å². The van der Waals surface area contributed by atoms with Gasteiger partial charge in [-0.05, 0) is 43.5 Å². The van der Waals surface area contributed by atoms with Gasteiger partial charge in [-0.1, -0.05) is 19.8 Å². The summed E-state index contributed by atoms with van der Waals surface area (Å²) in [5.41, 5.74) is 1.34. The molecule has 0 spiro atoms. The van der Waals surface area contributed by atoms with E-state index >= 15 is 0 Å². The first-order valence-electron chi connectivity index (χ1n) is 7.55. The highest BCUT2D eigenvalue weighted by atomic mass is 15.1. The van der Waals surface area contributed by atoms with Gasteiger partial charge >= 0.3 is 0 Å². The predicted molar refractivity (Wildman–Crippen MR) is 80.0 cm³/mol. The van der Waals surface area contributed by atoms with Crippen molar-refractivity contribution in [3.63, 3.8) is 0 Å². The van der Waals surface area contributed by atoms with Crippen LogP contribution in [0.3, 0.4) is 0 Å². The lowest BCUT2D eigenvalue weighted by molar-refractivity contribution is 0.274. The second-order valence-electron chi connectivity index (χ2n) is 6.02. The summed E-state index contributed by atoms with van der Waals surface area (Å²) in [6.07, 6.45) is 9.26. The van der Waals surface area contributed by atoms with Crippen molar-refractivity contribution in [2.75, 3.05) is 20.1 Å². The minimum absolute atomic E-state index is 0.748. The molecule has 0 aliphatic heterocycles. The van der Waals surface area contributed by atoms with Crippen LogP contribution in [0.25, 0.3) is 0 Å².